The molecule has 0 heterocycles. The van der Waals surface area contributed by atoms with E-state index < -0.39 is 6.10 Å². The molecule has 2 N–H and O–H groups in total. The van der Waals surface area contributed by atoms with E-state index in [4.69, 9.17) is 0 Å². The second-order valence-electron chi connectivity index (χ2n) is 10.9. The monoisotopic (exact) mass is 423 g/mol. The zero-order valence-electron chi connectivity index (χ0n) is 18.5. The van der Waals surface area contributed by atoms with Crippen molar-refractivity contribution in [3.63, 3.8) is 0 Å². The van der Waals surface area contributed by atoms with Crippen LogP contribution in [-0.2, 0) is 0 Å². The van der Waals surface area contributed by atoms with E-state index in [0.29, 0.717) is 17.8 Å². The zero-order chi connectivity index (χ0) is 22.0. The molecule has 3 fully saturated rings. The van der Waals surface area contributed by atoms with Gasteiger partial charge in [-0.05, 0) is 91.4 Å². The zero-order valence-corrected chi connectivity index (χ0v) is 18.5. The predicted molar refractivity (Wildman–Crippen MR) is 120 cm³/mol. The maximum absolute atomic E-state index is 11.3. The summed E-state index contributed by atoms with van der Waals surface area (Å²) in [6, 6.07) is 6.61. The Labute approximate surface area is 184 Å². The first kappa shape index (κ1) is 20.9. The van der Waals surface area contributed by atoms with Gasteiger partial charge >= 0.3 is 0 Å². The Morgan fingerprint density at radius 1 is 1.06 bits per heavy atom. The van der Waals surface area contributed by atoms with Gasteiger partial charge in [0.25, 0.3) is 5.69 Å². The highest BCUT2D eigenvalue weighted by atomic mass is 16.6. The van der Waals surface area contributed by atoms with Crippen LogP contribution in [0.15, 0.2) is 41.5 Å². The van der Waals surface area contributed by atoms with E-state index in [1.807, 2.05) is 0 Å². The van der Waals surface area contributed by atoms with Crippen molar-refractivity contribution in [3.8, 4) is 0 Å². The smallest absolute Gasteiger partial charge is 0.269 e. The molecule has 0 bridgehead atoms. The number of allylic oxidation sites excluding steroid dienone is 1. The van der Waals surface area contributed by atoms with Gasteiger partial charge in [0.1, 0.15) is 0 Å². The Balaban J connectivity index is 1.44. The number of hydrogen-bond acceptors (Lipinski definition) is 4. The summed E-state index contributed by atoms with van der Waals surface area (Å²) in [5.74, 6) is 1.65. The summed E-state index contributed by atoms with van der Waals surface area (Å²) >= 11 is 0. The van der Waals surface area contributed by atoms with Crippen molar-refractivity contribution < 1.29 is 15.1 Å². The lowest BCUT2D eigenvalue weighted by molar-refractivity contribution is -0.384. The van der Waals surface area contributed by atoms with E-state index in [9.17, 15) is 20.3 Å². The fourth-order valence-electron chi connectivity index (χ4n) is 7.55. The van der Waals surface area contributed by atoms with E-state index in [2.05, 4.69) is 26.0 Å². The number of hydrogen-bond donors (Lipinski definition) is 2. The van der Waals surface area contributed by atoms with Crippen molar-refractivity contribution in [2.75, 3.05) is 0 Å². The Morgan fingerprint density at radius 2 is 1.81 bits per heavy atom. The first-order valence-electron chi connectivity index (χ1n) is 11.7. The van der Waals surface area contributed by atoms with Gasteiger partial charge < -0.3 is 10.2 Å². The van der Waals surface area contributed by atoms with Crippen LogP contribution in [0.4, 0.5) is 5.69 Å². The number of fused-ring (bicyclic) bond motifs is 5. The molecule has 0 radical (unpaired) electrons. The summed E-state index contributed by atoms with van der Waals surface area (Å²) in [4.78, 5) is 10.5. The average Bonchev–Trinajstić information content (AvgIpc) is 2.99. The van der Waals surface area contributed by atoms with Crippen LogP contribution in [-0.4, -0.2) is 27.3 Å². The van der Waals surface area contributed by atoms with Gasteiger partial charge in [0.05, 0.1) is 17.1 Å². The van der Waals surface area contributed by atoms with Crippen molar-refractivity contribution in [2.24, 2.45) is 28.6 Å². The van der Waals surface area contributed by atoms with E-state index in [0.717, 1.165) is 56.1 Å². The van der Waals surface area contributed by atoms with Crippen molar-refractivity contribution in [2.45, 2.75) is 71.0 Å². The van der Waals surface area contributed by atoms with Crippen LogP contribution < -0.4 is 0 Å². The third-order valence-electron chi connectivity index (χ3n) is 9.40. The summed E-state index contributed by atoms with van der Waals surface area (Å²) < 4.78 is 0. The Kier molecular flexibility index (Phi) is 4.91. The molecule has 4 aliphatic rings. The number of aliphatic hydroxyl groups is 2. The minimum absolute atomic E-state index is 0.0910. The number of non-ortho nitro benzene ring substituents is 1. The minimum Gasteiger partial charge on any atom is -0.393 e. The molecule has 31 heavy (non-hydrogen) atoms. The van der Waals surface area contributed by atoms with Crippen LogP contribution in [0.25, 0.3) is 6.08 Å². The van der Waals surface area contributed by atoms with Crippen LogP contribution >= 0.6 is 0 Å². The first-order chi connectivity index (χ1) is 14.7. The van der Waals surface area contributed by atoms with Gasteiger partial charge in [-0.2, -0.15) is 0 Å². The lowest BCUT2D eigenvalue weighted by atomic mass is 9.48. The standard InChI is InChI=1S/C26H33NO4/c1-25-11-9-20(28)15-18(25)5-8-21-22(25)10-12-26(2)23(21)14-17(24(26)29)13-16-3-6-19(7-4-16)27(30)31/h3-7,13,20-24,28-29H,8-12,14-15H2,1-2H3/b17-13+/t20-,21+,22-,23-,24+,25-,26-/m0/s1. The Bertz CT molecular complexity index is 951. The topological polar surface area (TPSA) is 83.6 Å². The maximum atomic E-state index is 11.3. The lowest BCUT2D eigenvalue weighted by Crippen LogP contribution is -2.51. The third-order valence-corrected chi connectivity index (χ3v) is 9.40. The number of aliphatic hydroxyl groups excluding tert-OH is 2. The summed E-state index contributed by atoms with van der Waals surface area (Å²) in [7, 11) is 0. The van der Waals surface area contributed by atoms with E-state index in [-0.39, 0.29) is 27.5 Å². The van der Waals surface area contributed by atoms with E-state index in [1.54, 1.807) is 12.1 Å². The number of rotatable bonds is 2. The Hall–Kier alpha value is -1.98. The molecule has 0 unspecified atom stereocenters. The SMILES string of the molecule is C[C@]12CC[C@H]3[C@@H](CC=C4C[C@@H](O)CC[C@@]43C)[C@@H]1C/C(=C\c1ccc([N+](=O)[O-])cc1)[C@H]2O. The molecule has 1 aromatic rings. The molecule has 7 atom stereocenters. The highest BCUT2D eigenvalue weighted by Gasteiger charge is 2.59. The fourth-order valence-corrected chi connectivity index (χ4v) is 7.55. The van der Waals surface area contributed by atoms with Gasteiger partial charge in [0, 0.05) is 17.5 Å². The normalized spacial score (nSPS) is 43.0. The van der Waals surface area contributed by atoms with Gasteiger partial charge in [0.2, 0.25) is 0 Å². The van der Waals surface area contributed by atoms with Crippen LogP contribution in [0.5, 0.6) is 0 Å². The molecule has 4 aliphatic carbocycles. The van der Waals surface area contributed by atoms with Crippen molar-refractivity contribution in [1.82, 2.24) is 0 Å². The molecule has 0 aromatic heterocycles. The Morgan fingerprint density at radius 3 is 2.52 bits per heavy atom. The number of nitro groups is 1. The molecule has 0 saturated heterocycles. The summed E-state index contributed by atoms with van der Waals surface area (Å²) in [6.07, 6.45) is 10.7. The molecule has 3 saturated carbocycles. The molecule has 5 heteroatoms. The number of benzene rings is 1. The molecule has 0 amide bonds. The third kappa shape index (κ3) is 3.20. The number of nitro benzene ring substituents is 1. The van der Waals surface area contributed by atoms with E-state index in [1.165, 1.54) is 17.7 Å². The quantitative estimate of drug-likeness (QED) is 0.385. The van der Waals surface area contributed by atoms with Gasteiger partial charge in [-0.3, -0.25) is 10.1 Å². The highest BCUT2D eigenvalue weighted by molar-refractivity contribution is 5.57. The second-order valence-corrected chi connectivity index (χ2v) is 10.9. The fraction of sp³-hybridized carbons (Fsp3) is 0.615. The van der Waals surface area contributed by atoms with Crippen molar-refractivity contribution >= 4 is 11.8 Å². The molecular weight excluding hydrogens is 390 g/mol. The minimum atomic E-state index is -0.458. The van der Waals surface area contributed by atoms with Gasteiger partial charge in [-0.25, -0.2) is 0 Å². The summed E-state index contributed by atoms with van der Waals surface area (Å²) in [5, 5.41) is 32.5. The van der Waals surface area contributed by atoms with Gasteiger partial charge in [0.15, 0.2) is 0 Å². The van der Waals surface area contributed by atoms with Gasteiger partial charge in [-0.15, -0.1) is 0 Å². The molecule has 166 valence electrons. The average molecular weight is 424 g/mol. The van der Waals surface area contributed by atoms with Crippen LogP contribution in [0.2, 0.25) is 0 Å². The maximum Gasteiger partial charge on any atom is 0.269 e. The lowest BCUT2D eigenvalue weighted by Gasteiger charge is -2.57. The van der Waals surface area contributed by atoms with Crippen molar-refractivity contribution in [3.05, 3.63) is 57.2 Å². The van der Waals surface area contributed by atoms with Crippen molar-refractivity contribution in [1.29, 1.82) is 0 Å². The predicted octanol–water partition coefficient (Wildman–Crippen LogP) is 5.27. The van der Waals surface area contributed by atoms with Crippen LogP contribution in [0, 0.1) is 38.7 Å². The summed E-state index contributed by atoms with van der Waals surface area (Å²) in [6.45, 7) is 4.69. The summed E-state index contributed by atoms with van der Waals surface area (Å²) in [5.41, 5.74) is 3.63. The van der Waals surface area contributed by atoms with E-state index >= 15 is 0 Å². The van der Waals surface area contributed by atoms with Crippen LogP contribution in [0.3, 0.4) is 0 Å². The van der Waals surface area contributed by atoms with Gasteiger partial charge in [-0.1, -0.05) is 31.6 Å². The molecule has 1 aromatic carbocycles. The number of nitrogens with zero attached hydrogens (tertiary/aromatic N) is 1. The molecule has 5 rings (SSSR count). The molecule has 0 aliphatic heterocycles. The molecular formula is C26H33NO4. The molecule has 0 spiro atoms. The molecule has 5 nitrogen and oxygen atoms in total. The first-order valence-corrected chi connectivity index (χ1v) is 11.7. The van der Waals surface area contributed by atoms with Crippen LogP contribution in [0.1, 0.15) is 64.4 Å². The second kappa shape index (κ2) is 7.28. The largest absolute Gasteiger partial charge is 0.393 e. The highest BCUT2D eigenvalue weighted by Crippen LogP contribution is 2.65.